The summed E-state index contributed by atoms with van der Waals surface area (Å²) in [6, 6.07) is 5.01. The van der Waals surface area contributed by atoms with Crippen LogP contribution in [0.5, 0.6) is 5.75 Å². The Bertz CT molecular complexity index is 417. The predicted molar refractivity (Wildman–Crippen MR) is 64.6 cm³/mol. The molecule has 0 bridgehead atoms. The summed E-state index contributed by atoms with van der Waals surface area (Å²) < 4.78 is 4.63. The highest BCUT2D eigenvalue weighted by Crippen LogP contribution is 2.09. The first kappa shape index (κ1) is 14.0. The number of nitrogens with two attached hydrogens (primary N) is 1. The molecule has 1 aromatic rings. The zero-order valence-electron chi connectivity index (χ0n) is 10.1. The van der Waals surface area contributed by atoms with Crippen LogP contribution in [0.1, 0.15) is 12.5 Å². The molecule has 1 rings (SSSR count). The monoisotopic (exact) mass is 252 g/mol. The first-order valence-electron chi connectivity index (χ1n) is 5.52. The predicted octanol–water partition coefficient (Wildman–Crippen LogP) is -0.101. The molecule has 0 saturated heterocycles. The molecule has 98 valence electrons. The van der Waals surface area contributed by atoms with Crippen molar-refractivity contribution in [3.05, 3.63) is 29.8 Å². The highest BCUT2D eigenvalue weighted by molar-refractivity contribution is 6.01. The molecule has 0 aliphatic rings. The number of amides is 1. The number of benzene rings is 1. The Morgan fingerprint density at radius 3 is 2.56 bits per heavy atom. The number of ether oxygens (including phenoxy) is 1. The van der Waals surface area contributed by atoms with Gasteiger partial charge in [-0.25, -0.2) is 4.79 Å². The molecule has 18 heavy (non-hydrogen) atoms. The minimum atomic E-state index is -1.32. The number of phenols is 1. The van der Waals surface area contributed by atoms with Crippen LogP contribution in [-0.4, -0.2) is 29.6 Å². The van der Waals surface area contributed by atoms with Gasteiger partial charge >= 0.3 is 5.97 Å². The van der Waals surface area contributed by atoms with E-state index in [0.29, 0.717) is 0 Å². The summed E-state index contributed by atoms with van der Waals surface area (Å²) in [5.74, 6) is -1.20. The zero-order valence-corrected chi connectivity index (χ0v) is 10.1. The molecule has 0 spiro atoms. The Kier molecular flexibility index (Phi) is 5.13. The van der Waals surface area contributed by atoms with Crippen LogP contribution in [0.2, 0.25) is 0 Å². The molecule has 0 aromatic heterocycles. The summed E-state index contributed by atoms with van der Waals surface area (Å²) in [5.41, 5.74) is 6.20. The second-order valence-electron chi connectivity index (χ2n) is 3.61. The fourth-order valence-corrected chi connectivity index (χ4v) is 1.25. The molecule has 1 amide bonds. The summed E-state index contributed by atoms with van der Waals surface area (Å²) in [6.07, 6.45) is 0. The minimum Gasteiger partial charge on any atom is -0.508 e. The molecule has 6 nitrogen and oxygen atoms in total. The van der Waals surface area contributed by atoms with Crippen LogP contribution < -0.4 is 11.1 Å². The van der Waals surface area contributed by atoms with Gasteiger partial charge in [0.15, 0.2) is 6.04 Å². The standard InChI is InChI=1S/C12H16N2O4/c1-2-18-12(17)10(13)11(16)14-7-8-3-5-9(15)6-4-8/h3-6,10,15H,2,7,13H2,1H3,(H,14,16). The van der Waals surface area contributed by atoms with Crippen LogP contribution in [0.4, 0.5) is 0 Å². The van der Waals surface area contributed by atoms with Crippen molar-refractivity contribution < 1.29 is 19.4 Å². The van der Waals surface area contributed by atoms with Gasteiger partial charge in [-0.05, 0) is 24.6 Å². The van der Waals surface area contributed by atoms with Crippen LogP contribution in [0, 0.1) is 0 Å². The highest BCUT2D eigenvalue weighted by Gasteiger charge is 2.22. The number of phenolic OH excluding ortho intramolecular Hbond substituents is 1. The van der Waals surface area contributed by atoms with Crippen molar-refractivity contribution in [2.75, 3.05) is 6.61 Å². The van der Waals surface area contributed by atoms with Crippen LogP contribution in [0.3, 0.4) is 0 Å². The second-order valence-corrected chi connectivity index (χ2v) is 3.61. The van der Waals surface area contributed by atoms with Crippen molar-refractivity contribution in [1.82, 2.24) is 5.32 Å². The molecule has 4 N–H and O–H groups in total. The average Bonchev–Trinajstić information content (AvgIpc) is 2.37. The second kappa shape index (κ2) is 6.61. The van der Waals surface area contributed by atoms with E-state index in [1.54, 1.807) is 19.1 Å². The summed E-state index contributed by atoms with van der Waals surface area (Å²) in [4.78, 5) is 22.7. The average molecular weight is 252 g/mol. The number of carbonyl (C=O) groups is 2. The molecule has 6 heteroatoms. The Hall–Kier alpha value is -2.08. The van der Waals surface area contributed by atoms with Crippen LogP contribution in [-0.2, 0) is 20.9 Å². The van der Waals surface area contributed by atoms with E-state index in [0.717, 1.165) is 5.56 Å². The lowest BCUT2D eigenvalue weighted by Crippen LogP contribution is -2.46. The zero-order chi connectivity index (χ0) is 13.5. The molecule has 0 aliphatic carbocycles. The minimum absolute atomic E-state index is 0.147. The van der Waals surface area contributed by atoms with Gasteiger partial charge in [-0.15, -0.1) is 0 Å². The van der Waals surface area contributed by atoms with E-state index in [4.69, 9.17) is 10.8 Å². The van der Waals surface area contributed by atoms with Gasteiger partial charge in [0.25, 0.3) is 0 Å². The summed E-state index contributed by atoms with van der Waals surface area (Å²) in [5, 5.41) is 11.6. The van der Waals surface area contributed by atoms with Gasteiger partial charge in [0.05, 0.1) is 6.61 Å². The number of rotatable bonds is 5. The van der Waals surface area contributed by atoms with Crippen molar-refractivity contribution in [2.45, 2.75) is 19.5 Å². The van der Waals surface area contributed by atoms with Crippen molar-refractivity contribution in [3.8, 4) is 5.75 Å². The Balaban J connectivity index is 2.45. The highest BCUT2D eigenvalue weighted by atomic mass is 16.5. The SMILES string of the molecule is CCOC(=O)C(N)C(=O)NCc1ccc(O)cc1. The fraction of sp³-hybridized carbons (Fsp3) is 0.333. The molecule has 0 saturated carbocycles. The topological polar surface area (TPSA) is 102 Å². The molecule has 0 fully saturated rings. The third-order valence-corrected chi connectivity index (χ3v) is 2.23. The smallest absolute Gasteiger partial charge is 0.332 e. The first-order chi connectivity index (χ1) is 8.54. The maximum atomic E-state index is 11.5. The molecule has 0 radical (unpaired) electrons. The Labute approximate surface area is 105 Å². The van der Waals surface area contributed by atoms with Gasteiger partial charge in [-0.1, -0.05) is 12.1 Å². The maximum absolute atomic E-state index is 11.5. The Morgan fingerprint density at radius 2 is 2.00 bits per heavy atom. The van der Waals surface area contributed by atoms with E-state index >= 15 is 0 Å². The number of aromatic hydroxyl groups is 1. The first-order valence-corrected chi connectivity index (χ1v) is 5.52. The molecule has 1 atom stereocenters. The lowest BCUT2D eigenvalue weighted by atomic mass is 10.2. The number of carbonyl (C=O) groups excluding carboxylic acids is 2. The van der Waals surface area contributed by atoms with Crippen molar-refractivity contribution in [1.29, 1.82) is 0 Å². The number of nitrogens with one attached hydrogen (secondary N) is 1. The van der Waals surface area contributed by atoms with E-state index < -0.39 is 17.9 Å². The van der Waals surface area contributed by atoms with Crippen LogP contribution >= 0.6 is 0 Å². The third-order valence-electron chi connectivity index (χ3n) is 2.23. The summed E-state index contributed by atoms with van der Waals surface area (Å²) >= 11 is 0. The van der Waals surface area contributed by atoms with E-state index in [-0.39, 0.29) is 18.9 Å². The Morgan fingerprint density at radius 1 is 1.39 bits per heavy atom. The lowest BCUT2D eigenvalue weighted by Gasteiger charge is -2.11. The fourth-order valence-electron chi connectivity index (χ4n) is 1.25. The van der Waals surface area contributed by atoms with Gasteiger partial charge in [0.1, 0.15) is 5.75 Å². The van der Waals surface area contributed by atoms with Gasteiger partial charge in [-0.2, -0.15) is 0 Å². The van der Waals surface area contributed by atoms with Crippen LogP contribution in [0.25, 0.3) is 0 Å². The molecular formula is C12H16N2O4. The van der Waals surface area contributed by atoms with Gasteiger partial charge in [-0.3, -0.25) is 4.79 Å². The van der Waals surface area contributed by atoms with Crippen molar-refractivity contribution in [2.24, 2.45) is 5.73 Å². The summed E-state index contributed by atoms with van der Waals surface area (Å²) in [7, 11) is 0. The number of hydrogen-bond donors (Lipinski definition) is 3. The van der Waals surface area contributed by atoms with E-state index in [2.05, 4.69) is 10.1 Å². The molecule has 1 unspecified atom stereocenters. The van der Waals surface area contributed by atoms with E-state index in [1.807, 2.05) is 0 Å². The van der Waals surface area contributed by atoms with Gasteiger partial charge in [0.2, 0.25) is 5.91 Å². The molecule has 0 heterocycles. The maximum Gasteiger partial charge on any atom is 0.332 e. The third kappa shape index (κ3) is 4.06. The molecule has 1 aromatic carbocycles. The van der Waals surface area contributed by atoms with E-state index in [1.165, 1.54) is 12.1 Å². The summed E-state index contributed by atoms with van der Waals surface area (Å²) in [6.45, 7) is 2.04. The quantitative estimate of drug-likeness (QED) is 0.501. The van der Waals surface area contributed by atoms with Crippen LogP contribution in [0.15, 0.2) is 24.3 Å². The van der Waals surface area contributed by atoms with E-state index in [9.17, 15) is 9.59 Å². The van der Waals surface area contributed by atoms with Crippen molar-refractivity contribution in [3.63, 3.8) is 0 Å². The number of hydrogen-bond acceptors (Lipinski definition) is 5. The largest absolute Gasteiger partial charge is 0.508 e. The molecular weight excluding hydrogens is 236 g/mol. The number of esters is 1. The van der Waals surface area contributed by atoms with Crippen molar-refractivity contribution >= 4 is 11.9 Å². The lowest BCUT2D eigenvalue weighted by molar-refractivity contribution is -0.148. The van der Waals surface area contributed by atoms with Gasteiger partial charge in [0, 0.05) is 6.54 Å². The molecule has 0 aliphatic heterocycles. The van der Waals surface area contributed by atoms with Gasteiger partial charge < -0.3 is 20.9 Å². The normalized spacial score (nSPS) is 11.7.